The first-order valence-electron chi connectivity index (χ1n) is 4.78. The quantitative estimate of drug-likeness (QED) is 0.261. The van der Waals surface area contributed by atoms with E-state index in [0.717, 1.165) is 18.0 Å². The van der Waals surface area contributed by atoms with E-state index in [4.69, 9.17) is 11.5 Å². The highest BCUT2D eigenvalue weighted by molar-refractivity contribution is 7.85. The van der Waals surface area contributed by atoms with Gasteiger partial charge in [0.1, 0.15) is 36.3 Å². The first-order valence-corrected chi connectivity index (χ1v) is 6.36. The zero-order valence-corrected chi connectivity index (χ0v) is 9.29. The molecule has 1 saturated heterocycles. The summed E-state index contributed by atoms with van der Waals surface area (Å²) in [5.41, 5.74) is 10.8. The number of quaternary nitrogens is 1. The normalized spacial score (nSPS) is 22.7. The van der Waals surface area contributed by atoms with E-state index in [9.17, 15) is 13.0 Å². The minimum atomic E-state index is -4.09. The van der Waals surface area contributed by atoms with Crippen LogP contribution < -0.4 is 16.4 Å². The number of nitrogens with one attached hydrogen (secondary N) is 1. The van der Waals surface area contributed by atoms with Crippen LogP contribution in [0.15, 0.2) is 0 Å². The summed E-state index contributed by atoms with van der Waals surface area (Å²) in [6.45, 7) is 3.29. The molecule has 0 bridgehead atoms. The Morgan fingerprint density at radius 3 is 2.27 bits per heavy atom. The molecular weight excluding hydrogens is 220 g/mol. The van der Waals surface area contributed by atoms with Gasteiger partial charge in [-0.05, 0) is 0 Å². The van der Waals surface area contributed by atoms with Gasteiger partial charge in [-0.25, -0.2) is 8.42 Å². The van der Waals surface area contributed by atoms with E-state index in [0.29, 0.717) is 25.6 Å². The summed E-state index contributed by atoms with van der Waals surface area (Å²) in [6, 6.07) is 0. The highest BCUT2D eigenvalue weighted by Crippen LogP contribution is 1.80. The maximum Gasteiger partial charge on any atom is 0.341 e. The van der Waals surface area contributed by atoms with Crippen molar-refractivity contribution in [2.75, 3.05) is 38.5 Å². The Bertz CT molecular complexity index is 337. The molecular formula is C7H17N4O3S+. The first kappa shape index (κ1) is 12.2. The van der Waals surface area contributed by atoms with E-state index in [-0.39, 0.29) is 5.75 Å². The molecule has 1 rings (SSSR count). The molecule has 0 aromatic heterocycles. The molecule has 0 amide bonds. The van der Waals surface area contributed by atoms with Crippen LogP contribution >= 0.6 is 0 Å². The molecule has 7 nitrogen and oxygen atoms in total. The van der Waals surface area contributed by atoms with E-state index >= 15 is 0 Å². The molecule has 0 atom stereocenters. The second-order valence-corrected chi connectivity index (χ2v) is 5.20. The molecule has 0 aromatic rings. The molecule has 1 heterocycles. The van der Waals surface area contributed by atoms with Crippen LogP contribution in [0, 0.1) is 0 Å². The van der Waals surface area contributed by atoms with E-state index in [1.807, 2.05) is 4.58 Å². The SMILES string of the molecule is NC(N)=[N+]1CC[NH+](CCS(=O)(=O)[O-])CC1. The topological polar surface area (TPSA) is 117 Å². The van der Waals surface area contributed by atoms with Crippen LogP contribution in [-0.2, 0) is 10.1 Å². The van der Waals surface area contributed by atoms with Crippen molar-refractivity contribution in [3.05, 3.63) is 0 Å². The van der Waals surface area contributed by atoms with Crippen molar-refractivity contribution in [2.24, 2.45) is 11.5 Å². The Balaban J connectivity index is 2.36. The van der Waals surface area contributed by atoms with Crippen LogP contribution in [0.3, 0.4) is 0 Å². The number of nitrogens with zero attached hydrogens (tertiary/aromatic N) is 1. The minimum absolute atomic E-state index is 0.297. The highest BCUT2D eigenvalue weighted by Gasteiger charge is 2.19. The molecule has 0 saturated carbocycles. The molecule has 0 spiro atoms. The van der Waals surface area contributed by atoms with Crippen molar-refractivity contribution < 1.29 is 22.4 Å². The van der Waals surface area contributed by atoms with Crippen LogP contribution in [0.5, 0.6) is 0 Å². The van der Waals surface area contributed by atoms with Crippen molar-refractivity contribution in [1.82, 2.24) is 0 Å². The Morgan fingerprint density at radius 1 is 1.33 bits per heavy atom. The van der Waals surface area contributed by atoms with Gasteiger partial charge in [-0.3, -0.25) is 16.0 Å². The predicted molar refractivity (Wildman–Crippen MR) is 53.5 cm³/mol. The number of guanidine groups is 1. The van der Waals surface area contributed by atoms with Gasteiger partial charge in [0, 0.05) is 0 Å². The predicted octanol–water partition coefficient (Wildman–Crippen LogP) is -4.28. The fourth-order valence-electron chi connectivity index (χ4n) is 1.60. The van der Waals surface area contributed by atoms with Crippen LogP contribution in [0.1, 0.15) is 0 Å². The van der Waals surface area contributed by atoms with Gasteiger partial charge in [0.15, 0.2) is 0 Å². The molecule has 0 unspecified atom stereocenters. The molecule has 1 fully saturated rings. The number of rotatable bonds is 3. The zero-order valence-electron chi connectivity index (χ0n) is 8.48. The third kappa shape index (κ3) is 4.45. The van der Waals surface area contributed by atoms with Gasteiger partial charge < -0.3 is 9.45 Å². The van der Waals surface area contributed by atoms with E-state index in [1.54, 1.807) is 0 Å². The minimum Gasteiger partial charge on any atom is -0.748 e. The third-order valence-corrected chi connectivity index (χ3v) is 3.25. The molecule has 0 radical (unpaired) electrons. The fourth-order valence-corrected chi connectivity index (χ4v) is 2.14. The van der Waals surface area contributed by atoms with Gasteiger partial charge in [-0.15, -0.1) is 0 Å². The third-order valence-electron chi connectivity index (χ3n) is 2.54. The summed E-state index contributed by atoms with van der Waals surface area (Å²) in [5.74, 6) is -0.00468. The number of hydrogen-bond acceptors (Lipinski definition) is 3. The summed E-state index contributed by atoms with van der Waals surface area (Å²) in [5, 5.41) is 0. The van der Waals surface area contributed by atoms with E-state index < -0.39 is 10.1 Å². The highest BCUT2D eigenvalue weighted by atomic mass is 32.2. The van der Waals surface area contributed by atoms with Gasteiger partial charge in [0.2, 0.25) is 0 Å². The van der Waals surface area contributed by atoms with Crippen molar-refractivity contribution in [3.63, 3.8) is 0 Å². The van der Waals surface area contributed by atoms with Crippen LogP contribution in [0.25, 0.3) is 0 Å². The first-order chi connectivity index (χ1) is 6.88. The summed E-state index contributed by atoms with van der Waals surface area (Å²) in [7, 11) is -4.09. The summed E-state index contributed by atoms with van der Waals surface area (Å²) in [6.07, 6.45) is 0. The molecule has 8 heteroatoms. The molecule has 1 aliphatic rings. The van der Waals surface area contributed by atoms with E-state index in [2.05, 4.69) is 0 Å². The Labute approximate surface area is 89.1 Å². The summed E-state index contributed by atoms with van der Waals surface area (Å²) < 4.78 is 33.1. The van der Waals surface area contributed by atoms with Gasteiger partial charge in [0.05, 0.1) is 12.3 Å². The average Bonchev–Trinajstić information content (AvgIpc) is 2.14. The van der Waals surface area contributed by atoms with Gasteiger partial charge in [0.25, 0.3) is 0 Å². The number of piperazine rings is 1. The van der Waals surface area contributed by atoms with Gasteiger partial charge in [-0.2, -0.15) is 0 Å². The summed E-state index contributed by atoms with van der Waals surface area (Å²) in [4.78, 5) is 1.10. The monoisotopic (exact) mass is 237 g/mol. The zero-order chi connectivity index (χ0) is 11.5. The van der Waals surface area contributed by atoms with Crippen LogP contribution in [0.4, 0.5) is 0 Å². The summed E-state index contributed by atoms with van der Waals surface area (Å²) >= 11 is 0. The van der Waals surface area contributed by atoms with Gasteiger partial charge in [-0.1, -0.05) is 0 Å². The molecule has 0 aliphatic carbocycles. The lowest BCUT2D eigenvalue weighted by Crippen LogP contribution is -3.15. The fraction of sp³-hybridized carbons (Fsp3) is 0.857. The standard InChI is InChI=1S/C7H16N4O3S/c8-7(9)11-3-1-10(2-4-11)5-6-15(12,13)14/h1-6H2,(H4,8,9,12,13,14)/p+1. The molecule has 1 aliphatic heterocycles. The molecule has 88 valence electrons. The van der Waals surface area contributed by atoms with Crippen LogP contribution in [-0.4, -0.2) is 62.0 Å². The molecule has 5 N–H and O–H groups in total. The molecule has 15 heavy (non-hydrogen) atoms. The molecule has 0 aromatic carbocycles. The number of hydrogen-bond donors (Lipinski definition) is 3. The smallest absolute Gasteiger partial charge is 0.341 e. The second kappa shape index (κ2) is 4.77. The van der Waals surface area contributed by atoms with Crippen molar-refractivity contribution >= 4 is 16.1 Å². The maximum absolute atomic E-state index is 10.4. The van der Waals surface area contributed by atoms with E-state index in [1.165, 1.54) is 0 Å². The second-order valence-electron chi connectivity index (χ2n) is 3.67. The van der Waals surface area contributed by atoms with Crippen LogP contribution in [0.2, 0.25) is 0 Å². The van der Waals surface area contributed by atoms with Crippen molar-refractivity contribution in [3.8, 4) is 0 Å². The Kier molecular flexibility index (Phi) is 3.89. The van der Waals surface area contributed by atoms with Gasteiger partial charge >= 0.3 is 5.96 Å². The number of nitrogens with two attached hydrogens (primary N) is 2. The van der Waals surface area contributed by atoms with Crippen molar-refractivity contribution in [2.45, 2.75) is 0 Å². The Hall–Kier alpha value is -0.860. The largest absolute Gasteiger partial charge is 0.748 e. The Morgan fingerprint density at radius 2 is 1.87 bits per heavy atom. The lowest BCUT2D eigenvalue weighted by molar-refractivity contribution is -0.929. The lowest BCUT2D eigenvalue weighted by Gasteiger charge is -2.25. The average molecular weight is 237 g/mol. The van der Waals surface area contributed by atoms with Crippen molar-refractivity contribution in [1.29, 1.82) is 0 Å². The lowest BCUT2D eigenvalue weighted by atomic mass is 10.3. The maximum atomic E-state index is 10.4.